The Morgan fingerprint density at radius 2 is 0.962 bits per heavy atom. The molecule has 26 heavy (non-hydrogen) atoms. The van der Waals surface area contributed by atoms with Crippen LogP contribution in [-0.4, -0.2) is 35.6 Å². The van der Waals surface area contributed by atoms with Crippen LogP contribution in [0.15, 0.2) is 0 Å². The number of ether oxygens (including phenoxy) is 1. The van der Waals surface area contributed by atoms with Gasteiger partial charge in [-0.2, -0.15) is 0 Å². The molecule has 0 spiro atoms. The van der Waals surface area contributed by atoms with Gasteiger partial charge in [-0.25, -0.2) is 0 Å². The van der Waals surface area contributed by atoms with Gasteiger partial charge in [0.15, 0.2) is 0 Å². The molecule has 0 heterocycles. The Kier molecular flexibility index (Phi) is 21.1. The van der Waals surface area contributed by atoms with E-state index in [1.807, 2.05) is 0 Å². The van der Waals surface area contributed by atoms with Crippen molar-refractivity contribution in [1.82, 2.24) is 0 Å². The highest BCUT2D eigenvalue weighted by Crippen LogP contribution is 2.14. The lowest BCUT2D eigenvalue weighted by molar-refractivity contribution is -0.00504. The monoisotopic (exact) mass is 372 g/mol. The van der Waals surface area contributed by atoms with Crippen molar-refractivity contribution in [2.75, 3.05) is 13.2 Å². The fourth-order valence-corrected chi connectivity index (χ4v) is 3.39. The fraction of sp³-hybridized carbons (Fsp3) is 1.00. The van der Waals surface area contributed by atoms with Crippen molar-refractivity contribution in [1.29, 1.82) is 0 Å². The van der Waals surface area contributed by atoms with Gasteiger partial charge in [0.1, 0.15) is 0 Å². The van der Waals surface area contributed by atoms with Crippen LogP contribution >= 0.6 is 0 Å². The highest BCUT2D eigenvalue weighted by molar-refractivity contribution is 4.56. The molecule has 0 aliphatic heterocycles. The Morgan fingerprint density at radius 1 is 0.577 bits per heavy atom. The highest BCUT2D eigenvalue weighted by Gasteiger charge is 2.05. The van der Waals surface area contributed by atoms with Gasteiger partial charge in [0.05, 0.1) is 25.4 Å². The minimum Gasteiger partial charge on any atom is -0.391 e. The van der Waals surface area contributed by atoms with Gasteiger partial charge in [-0.15, -0.1) is 0 Å². The second kappa shape index (κ2) is 21.2. The van der Waals surface area contributed by atoms with E-state index >= 15 is 0 Å². The number of hydrogen-bond acceptors (Lipinski definition) is 3. The largest absolute Gasteiger partial charge is 0.391 e. The third kappa shape index (κ3) is 21.9. The molecular weight excluding hydrogens is 324 g/mol. The van der Waals surface area contributed by atoms with Crippen LogP contribution in [0.3, 0.4) is 0 Å². The van der Waals surface area contributed by atoms with Crippen LogP contribution in [0, 0.1) is 0 Å². The average Bonchev–Trinajstić information content (AvgIpc) is 2.61. The van der Waals surface area contributed by atoms with Crippen LogP contribution in [0.1, 0.15) is 123 Å². The summed E-state index contributed by atoms with van der Waals surface area (Å²) in [6, 6.07) is 0. The van der Waals surface area contributed by atoms with E-state index < -0.39 is 6.10 Å². The number of aliphatic hydroxyl groups excluding tert-OH is 2. The molecule has 0 radical (unpaired) electrons. The molecule has 3 heteroatoms. The lowest BCUT2D eigenvalue weighted by atomic mass is 10.0. The van der Waals surface area contributed by atoms with Crippen LogP contribution in [0.25, 0.3) is 0 Å². The van der Waals surface area contributed by atoms with E-state index in [4.69, 9.17) is 9.84 Å². The molecule has 0 rings (SSSR count). The van der Waals surface area contributed by atoms with E-state index in [9.17, 15) is 5.11 Å². The van der Waals surface area contributed by atoms with Crippen LogP contribution in [0.2, 0.25) is 0 Å². The van der Waals surface area contributed by atoms with Gasteiger partial charge in [-0.3, -0.25) is 0 Å². The zero-order valence-corrected chi connectivity index (χ0v) is 17.9. The molecule has 0 amide bonds. The predicted octanol–water partition coefficient (Wildman–Crippen LogP) is 6.40. The first-order chi connectivity index (χ1) is 12.7. The summed E-state index contributed by atoms with van der Waals surface area (Å²) in [5.74, 6) is 0. The quantitative estimate of drug-likeness (QED) is 0.229. The van der Waals surface area contributed by atoms with Crippen molar-refractivity contribution in [3.63, 3.8) is 0 Å². The van der Waals surface area contributed by atoms with Gasteiger partial charge in [-0.05, 0) is 13.3 Å². The molecule has 0 aromatic heterocycles. The second-order valence-electron chi connectivity index (χ2n) is 8.13. The summed E-state index contributed by atoms with van der Waals surface area (Å²) in [5.41, 5.74) is 0. The lowest BCUT2D eigenvalue weighted by Gasteiger charge is -2.12. The van der Waals surface area contributed by atoms with E-state index in [1.165, 1.54) is 96.3 Å². The molecule has 2 N–H and O–H groups in total. The standard InChI is InChI=1S/C23H48O3/c1-3-4-5-6-7-8-9-10-11-12-13-14-15-16-17-18-19-23(25)21-26-20-22(2)24/h22-25H,3-21H2,1-2H3. The molecule has 0 saturated heterocycles. The minimum atomic E-state index is -0.447. The summed E-state index contributed by atoms with van der Waals surface area (Å²) in [6.45, 7) is 4.64. The summed E-state index contributed by atoms with van der Waals surface area (Å²) in [7, 11) is 0. The Morgan fingerprint density at radius 3 is 1.35 bits per heavy atom. The van der Waals surface area contributed by atoms with E-state index in [-0.39, 0.29) is 6.10 Å². The first-order valence-corrected chi connectivity index (χ1v) is 11.6. The summed E-state index contributed by atoms with van der Waals surface area (Å²) in [5, 5.41) is 18.9. The molecule has 3 nitrogen and oxygen atoms in total. The number of rotatable bonds is 21. The summed E-state index contributed by atoms with van der Waals surface area (Å²) in [4.78, 5) is 0. The van der Waals surface area contributed by atoms with Crippen molar-refractivity contribution < 1.29 is 14.9 Å². The lowest BCUT2D eigenvalue weighted by Crippen LogP contribution is -2.19. The molecule has 0 aromatic carbocycles. The average molecular weight is 373 g/mol. The number of aliphatic hydroxyl groups is 2. The molecule has 0 fully saturated rings. The summed E-state index contributed by atoms with van der Waals surface area (Å²) in [6.07, 6.45) is 21.9. The molecule has 0 aliphatic carbocycles. The zero-order chi connectivity index (χ0) is 19.3. The highest BCUT2D eigenvalue weighted by atomic mass is 16.5. The maximum absolute atomic E-state index is 9.77. The first-order valence-electron chi connectivity index (χ1n) is 11.6. The second-order valence-corrected chi connectivity index (χ2v) is 8.13. The van der Waals surface area contributed by atoms with Crippen LogP contribution in [-0.2, 0) is 4.74 Å². The molecule has 0 saturated carbocycles. The van der Waals surface area contributed by atoms with Gasteiger partial charge in [0.2, 0.25) is 0 Å². The van der Waals surface area contributed by atoms with Crippen molar-refractivity contribution in [3.8, 4) is 0 Å². The van der Waals surface area contributed by atoms with E-state index in [2.05, 4.69) is 6.92 Å². The third-order valence-corrected chi connectivity index (χ3v) is 5.06. The maximum Gasteiger partial charge on any atom is 0.0773 e. The van der Waals surface area contributed by atoms with Crippen molar-refractivity contribution >= 4 is 0 Å². The normalized spacial score (nSPS) is 13.8. The van der Waals surface area contributed by atoms with E-state index in [1.54, 1.807) is 6.92 Å². The molecular formula is C23H48O3. The van der Waals surface area contributed by atoms with Gasteiger partial charge in [0, 0.05) is 0 Å². The van der Waals surface area contributed by atoms with Crippen LogP contribution < -0.4 is 0 Å². The van der Waals surface area contributed by atoms with Crippen LogP contribution in [0.4, 0.5) is 0 Å². The number of unbranched alkanes of at least 4 members (excludes halogenated alkanes) is 15. The fourth-order valence-electron chi connectivity index (χ4n) is 3.39. The summed E-state index contributed by atoms with van der Waals surface area (Å²) >= 11 is 0. The van der Waals surface area contributed by atoms with Crippen LogP contribution in [0.5, 0.6) is 0 Å². The molecule has 158 valence electrons. The molecule has 0 aliphatic rings. The molecule has 2 atom stereocenters. The van der Waals surface area contributed by atoms with Gasteiger partial charge in [0.25, 0.3) is 0 Å². The minimum absolute atomic E-state index is 0.315. The topological polar surface area (TPSA) is 49.7 Å². The first kappa shape index (κ1) is 25.9. The van der Waals surface area contributed by atoms with E-state index in [0.29, 0.717) is 13.2 Å². The Hall–Kier alpha value is -0.120. The Bertz CT molecular complexity index is 256. The predicted molar refractivity (Wildman–Crippen MR) is 113 cm³/mol. The van der Waals surface area contributed by atoms with Crippen molar-refractivity contribution in [2.24, 2.45) is 0 Å². The van der Waals surface area contributed by atoms with Crippen molar-refractivity contribution in [3.05, 3.63) is 0 Å². The van der Waals surface area contributed by atoms with Gasteiger partial charge >= 0.3 is 0 Å². The Balaban J connectivity index is 3.09. The summed E-state index contributed by atoms with van der Waals surface area (Å²) < 4.78 is 5.24. The van der Waals surface area contributed by atoms with Gasteiger partial charge < -0.3 is 14.9 Å². The SMILES string of the molecule is CCCCCCCCCCCCCCCCCCC(O)COCC(C)O. The maximum atomic E-state index is 9.77. The third-order valence-electron chi connectivity index (χ3n) is 5.06. The Labute approximate surface area is 163 Å². The number of hydrogen-bond donors (Lipinski definition) is 2. The smallest absolute Gasteiger partial charge is 0.0773 e. The molecule has 0 bridgehead atoms. The molecule has 2 unspecified atom stereocenters. The van der Waals surface area contributed by atoms with Crippen molar-refractivity contribution in [2.45, 2.75) is 135 Å². The van der Waals surface area contributed by atoms with Gasteiger partial charge in [-0.1, -0.05) is 110 Å². The zero-order valence-electron chi connectivity index (χ0n) is 17.9. The molecule has 0 aromatic rings. The van der Waals surface area contributed by atoms with E-state index in [0.717, 1.165) is 12.8 Å².